The first-order chi connectivity index (χ1) is 12.1. The van der Waals surface area contributed by atoms with E-state index in [2.05, 4.69) is 27.7 Å². The maximum Gasteiger partial charge on any atom is 0.315 e. The Kier molecular flexibility index (Phi) is 5.93. The minimum absolute atomic E-state index is 0.103. The fourth-order valence-corrected chi connectivity index (χ4v) is 3.62. The van der Waals surface area contributed by atoms with E-state index in [9.17, 15) is 4.79 Å². The van der Waals surface area contributed by atoms with Crippen molar-refractivity contribution in [2.45, 2.75) is 50.6 Å². The van der Waals surface area contributed by atoms with Gasteiger partial charge in [-0.15, -0.1) is 0 Å². The monoisotopic (exact) mass is 347 g/mol. The van der Waals surface area contributed by atoms with Crippen molar-refractivity contribution in [1.29, 1.82) is 0 Å². The van der Waals surface area contributed by atoms with E-state index >= 15 is 0 Å². The maximum absolute atomic E-state index is 12.2. The number of hydrogen-bond acceptors (Lipinski definition) is 4. The van der Waals surface area contributed by atoms with Crippen LogP contribution < -0.4 is 10.6 Å². The lowest BCUT2D eigenvalue weighted by Crippen LogP contribution is -2.47. The van der Waals surface area contributed by atoms with Gasteiger partial charge in [-0.3, -0.25) is 0 Å². The summed E-state index contributed by atoms with van der Waals surface area (Å²) in [7, 11) is 4.09. The molecule has 1 aliphatic carbocycles. The summed E-state index contributed by atoms with van der Waals surface area (Å²) >= 11 is 0. The molecule has 0 unspecified atom stereocenters. The molecule has 1 aromatic carbocycles. The van der Waals surface area contributed by atoms with Crippen LogP contribution in [0.2, 0.25) is 0 Å². The van der Waals surface area contributed by atoms with E-state index in [0.717, 1.165) is 37.8 Å². The van der Waals surface area contributed by atoms with E-state index in [0.29, 0.717) is 19.8 Å². The van der Waals surface area contributed by atoms with Gasteiger partial charge in [0.05, 0.1) is 13.2 Å². The summed E-state index contributed by atoms with van der Waals surface area (Å²) in [4.78, 5) is 14.4. The molecule has 1 aliphatic heterocycles. The normalized spacial score (nSPS) is 20.1. The van der Waals surface area contributed by atoms with E-state index in [1.54, 1.807) is 0 Å². The van der Waals surface area contributed by atoms with E-state index in [1.165, 1.54) is 5.56 Å². The molecule has 1 heterocycles. The van der Waals surface area contributed by atoms with Crippen LogP contribution in [0.1, 0.15) is 36.8 Å². The summed E-state index contributed by atoms with van der Waals surface area (Å²) in [6, 6.07) is 8.31. The van der Waals surface area contributed by atoms with Gasteiger partial charge in [-0.1, -0.05) is 24.3 Å². The van der Waals surface area contributed by atoms with Gasteiger partial charge in [-0.05, 0) is 38.1 Å². The molecule has 3 rings (SSSR count). The fourth-order valence-electron chi connectivity index (χ4n) is 3.62. The Hall–Kier alpha value is -1.63. The van der Waals surface area contributed by atoms with Gasteiger partial charge in [0.15, 0.2) is 5.79 Å². The van der Waals surface area contributed by atoms with E-state index < -0.39 is 0 Å². The molecule has 0 bridgehead atoms. The first-order valence-corrected chi connectivity index (χ1v) is 9.10. The van der Waals surface area contributed by atoms with Crippen molar-refractivity contribution in [1.82, 2.24) is 15.5 Å². The number of urea groups is 1. The molecule has 0 radical (unpaired) electrons. The molecule has 0 aromatic heterocycles. The maximum atomic E-state index is 12.2. The van der Waals surface area contributed by atoms with Crippen LogP contribution in [0, 0.1) is 0 Å². The van der Waals surface area contributed by atoms with Crippen LogP contribution in [0.25, 0.3) is 0 Å². The highest BCUT2D eigenvalue weighted by Crippen LogP contribution is 2.35. The second kappa shape index (κ2) is 8.17. The van der Waals surface area contributed by atoms with E-state index in [4.69, 9.17) is 9.47 Å². The first kappa shape index (κ1) is 18.2. The lowest BCUT2D eigenvalue weighted by atomic mass is 9.90. The van der Waals surface area contributed by atoms with Gasteiger partial charge < -0.3 is 25.0 Å². The van der Waals surface area contributed by atoms with Gasteiger partial charge in [-0.25, -0.2) is 4.79 Å². The average Bonchev–Trinajstić information content (AvgIpc) is 3.04. The Morgan fingerprint density at radius 1 is 1.16 bits per heavy atom. The van der Waals surface area contributed by atoms with Crippen molar-refractivity contribution in [2.75, 3.05) is 27.3 Å². The predicted molar refractivity (Wildman–Crippen MR) is 96.1 cm³/mol. The lowest BCUT2D eigenvalue weighted by molar-refractivity contribution is -0.179. The number of amides is 2. The largest absolute Gasteiger partial charge is 0.348 e. The molecule has 2 amide bonds. The highest BCUT2D eigenvalue weighted by atomic mass is 16.7. The molecule has 1 spiro atoms. The molecule has 2 N–H and O–H groups in total. The first-order valence-electron chi connectivity index (χ1n) is 9.10. The minimum Gasteiger partial charge on any atom is -0.348 e. The van der Waals surface area contributed by atoms with Crippen molar-refractivity contribution in [2.24, 2.45) is 0 Å². The van der Waals surface area contributed by atoms with Crippen molar-refractivity contribution >= 4 is 6.03 Å². The van der Waals surface area contributed by atoms with Crippen LogP contribution in [0.4, 0.5) is 4.79 Å². The van der Waals surface area contributed by atoms with E-state index in [-0.39, 0.29) is 17.9 Å². The van der Waals surface area contributed by atoms with Crippen molar-refractivity contribution in [3.05, 3.63) is 35.4 Å². The Morgan fingerprint density at radius 3 is 2.44 bits per heavy atom. The number of ether oxygens (including phenoxy) is 2. The molecule has 1 aromatic rings. The third-order valence-electron chi connectivity index (χ3n) is 4.94. The summed E-state index contributed by atoms with van der Waals surface area (Å²) < 4.78 is 11.5. The van der Waals surface area contributed by atoms with Gasteiger partial charge in [0.25, 0.3) is 0 Å². The zero-order chi connectivity index (χ0) is 17.7. The smallest absolute Gasteiger partial charge is 0.315 e. The summed E-state index contributed by atoms with van der Waals surface area (Å²) in [6.45, 7) is 2.78. The highest BCUT2D eigenvalue weighted by Gasteiger charge is 2.40. The van der Waals surface area contributed by atoms with Crippen molar-refractivity contribution in [3.8, 4) is 0 Å². The molecule has 1 saturated heterocycles. The Balaban J connectivity index is 1.44. The van der Waals surface area contributed by atoms with Crippen LogP contribution in [-0.2, 0) is 22.6 Å². The van der Waals surface area contributed by atoms with Gasteiger partial charge in [0, 0.05) is 32.0 Å². The molecule has 2 aliphatic rings. The quantitative estimate of drug-likeness (QED) is 0.857. The molecule has 25 heavy (non-hydrogen) atoms. The van der Waals surface area contributed by atoms with Gasteiger partial charge in [0.1, 0.15) is 0 Å². The third-order valence-corrected chi connectivity index (χ3v) is 4.94. The zero-order valence-electron chi connectivity index (χ0n) is 15.2. The number of carbonyl (C=O) groups is 1. The number of carbonyl (C=O) groups excluding carboxylic acids is 1. The average molecular weight is 347 g/mol. The van der Waals surface area contributed by atoms with Crippen LogP contribution >= 0.6 is 0 Å². The van der Waals surface area contributed by atoms with Crippen molar-refractivity contribution in [3.63, 3.8) is 0 Å². The van der Waals surface area contributed by atoms with Crippen LogP contribution in [0.5, 0.6) is 0 Å². The number of rotatable bonds is 5. The summed E-state index contributed by atoms with van der Waals surface area (Å²) in [5.41, 5.74) is 2.39. The molecule has 6 nitrogen and oxygen atoms in total. The summed E-state index contributed by atoms with van der Waals surface area (Å²) in [5.74, 6) is -0.375. The number of hydrogen-bond donors (Lipinski definition) is 2. The molecule has 0 atom stereocenters. The van der Waals surface area contributed by atoms with E-state index in [1.807, 2.05) is 26.2 Å². The van der Waals surface area contributed by atoms with Gasteiger partial charge in [-0.2, -0.15) is 0 Å². The minimum atomic E-state index is -0.375. The van der Waals surface area contributed by atoms with Gasteiger partial charge >= 0.3 is 6.03 Å². The predicted octanol–water partition coefficient (Wildman–Crippen LogP) is 2.23. The Morgan fingerprint density at radius 2 is 1.80 bits per heavy atom. The van der Waals surface area contributed by atoms with Crippen LogP contribution in [-0.4, -0.2) is 50.1 Å². The lowest BCUT2D eigenvalue weighted by Gasteiger charge is -2.35. The molecule has 138 valence electrons. The standard InChI is InChI=1S/C19H29N3O3/c1-22(2)14-16-6-4-3-5-15(16)13-20-18(23)21-17-7-9-19(10-8-17)24-11-12-25-19/h3-6,17H,7-14H2,1-2H3,(H2,20,21,23). The molecular formula is C19H29N3O3. The van der Waals surface area contributed by atoms with Crippen LogP contribution in [0.15, 0.2) is 24.3 Å². The SMILES string of the molecule is CN(C)Cc1ccccc1CNC(=O)NC1CCC2(CC1)OCCO2. The van der Waals surface area contributed by atoms with Crippen molar-refractivity contribution < 1.29 is 14.3 Å². The summed E-state index contributed by atoms with van der Waals surface area (Å²) in [5, 5.41) is 6.07. The fraction of sp³-hybridized carbons (Fsp3) is 0.632. The highest BCUT2D eigenvalue weighted by molar-refractivity contribution is 5.74. The Labute approximate surface area is 149 Å². The summed E-state index contributed by atoms with van der Waals surface area (Å²) in [6.07, 6.45) is 3.49. The number of nitrogens with zero attached hydrogens (tertiary/aromatic N) is 1. The molecular weight excluding hydrogens is 318 g/mol. The number of nitrogens with one attached hydrogen (secondary N) is 2. The number of benzene rings is 1. The molecule has 2 fully saturated rings. The topological polar surface area (TPSA) is 62.8 Å². The second-order valence-electron chi connectivity index (χ2n) is 7.22. The van der Waals surface area contributed by atoms with Gasteiger partial charge in [0.2, 0.25) is 0 Å². The second-order valence-corrected chi connectivity index (χ2v) is 7.22. The molecule has 1 saturated carbocycles. The zero-order valence-corrected chi connectivity index (χ0v) is 15.2. The van der Waals surface area contributed by atoms with Crippen LogP contribution in [0.3, 0.4) is 0 Å². The third kappa shape index (κ3) is 4.93. The molecule has 6 heteroatoms. The Bertz CT molecular complexity index is 575.